The van der Waals surface area contributed by atoms with E-state index in [2.05, 4.69) is 13.3 Å². The Bertz CT molecular complexity index is 74.2. The highest BCUT2D eigenvalue weighted by molar-refractivity contribution is 4.62. The van der Waals surface area contributed by atoms with Crippen molar-refractivity contribution in [3.63, 3.8) is 0 Å². The van der Waals surface area contributed by atoms with Crippen LogP contribution in [-0.2, 0) is 9.47 Å². The Balaban J connectivity index is 2.76. The number of hydrogen-bond donors (Lipinski definition) is 0. The summed E-state index contributed by atoms with van der Waals surface area (Å²) in [5.41, 5.74) is 0. The van der Waals surface area contributed by atoms with Crippen molar-refractivity contribution in [3.05, 3.63) is 6.42 Å². The molecule has 0 atom stereocenters. The van der Waals surface area contributed by atoms with Crippen LogP contribution in [0.4, 0.5) is 0 Å². The van der Waals surface area contributed by atoms with Crippen LogP contribution in [0.25, 0.3) is 0 Å². The fourth-order valence-electron chi connectivity index (χ4n) is 1.03. The summed E-state index contributed by atoms with van der Waals surface area (Å²) in [5, 5.41) is 0. The fraction of sp³-hybridized carbons (Fsp3) is 0.909. The predicted molar refractivity (Wildman–Crippen MR) is 55.8 cm³/mol. The minimum absolute atomic E-state index is 0.812. The second kappa shape index (κ2) is 11.9. The molecule has 0 heterocycles. The van der Waals surface area contributed by atoms with Gasteiger partial charge in [0, 0.05) is 26.9 Å². The molecule has 2 heteroatoms. The quantitative estimate of drug-likeness (QED) is 0.490. The van der Waals surface area contributed by atoms with Gasteiger partial charge >= 0.3 is 0 Å². The van der Waals surface area contributed by atoms with Gasteiger partial charge in [-0.05, 0) is 25.7 Å². The molecule has 0 saturated carbocycles. The SMILES string of the molecule is CCCCOC[CH]CCCCOC. The molecule has 1 radical (unpaired) electrons. The van der Waals surface area contributed by atoms with Gasteiger partial charge in [0.15, 0.2) is 0 Å². The van der Waals surface area contributed by atoms with E-state index in [0.29, 0.717) is 0 Å². The summed E-state index contributed by atoms with van der Waals surface area (Å²) in [7, 11) is 1.75. The van der Waals surface area contributed by atoms with Crippen molar-refractivity contribution in [3.8, 4) is 0 Å². The van der Waals surface area contributed by atoms with Gasteiger partial charge in [-0.25, -0.2) is 0 Å². The van der Waals surface area contributed by atoms with Crippen LogP contribution < -0.4 is 0 Å². The number of hydrogen-bond acceptors (Lipinski definition) is 2. The van der Waals surface area contributed by atoms with Gasteiger partial charge in [-0.1, -0.05) is 19.8 Å². The zero-order valence-electron chi connectivity index (χ0n) is 9.05. The van der Waals surface area contributed by atoms with Crippen LogP contribution in [-0.4, -0.2) is 26.9 Å². The lowest BCUT2D eigenvalue weighted by Crippen LogP contribution is -1.97. The lowest BCUT2D eigenvalue weighted by atomic mass is 10.2. The van der Waals surface area contributed by atoms with E-state index in [1.54, 1.807) is 7.11 Å². The van der Waals surface area contributed by atoms with Crippen LogP contribution in [0.15, 0.2) is 0 Å². The molecular formula is C11H23O2. The number of ether oxygens (including phenoxy) is 2. The zero-order chi connectivity index (χ0) is 9.78. The smallest absolute Gasteiger partial charge is 0.0497 e. The first-order chi connectivity index (χ1) is 6.41. The van der Waals surface area contributed by atoms with Crippen LogP contribution in [0.2, 0.25) is 0 Å². The Hall–Kier alpha value is -0.0800. The Morgan fingerprint density at radius 2 is 1.92 bits per heavy atom. The maximum Gasteiger partial charge on any atom is 0.0497 e. The van der Waals surface area contributed by atoms with Gasteiger partial charge in [-0.2, -0.15) is 0 Å². The third-order valence-corrected chi connectivity index (χ3v) is 1.88. The standard InChI is InChI=1S/C11H23O2/c1-3-4-10-13-11-8-6-5-7-9-12-2/h8H,3-7,9-11H2,1-2H3. The van der Waals surface area contributed by atoms with Gasteiger partial charge in [0.1, 0.15) is 0 Å². The highest BCUT2D eigenvalue weighted by Gasteiger charge is 1.90. The van der Waals surface area contributed by atoms with Crippen LogP contribution in [0.1, 0.15) is 39.0 Å². The Morgan fingerprint density at radius 1 is 1.08 bits per heavy atom. The van der Waals surface area contributed by atoms with Crippen molar-refractivity contribution in [2.75, 3.05) is 26.9 Å². The molecule has 0 aromatic heterocycles. The normalized spacial score (nSPS) is 10.6. The first-order valence-electron chi connectivity index (χ1n) is 5.30. The molecule has 0 spiro atoms. The second-order valence-electron chi connectivity index (χ2n) is 3.21. The van der Waals surface area contributed by atoms with Crippen LogP contribution >= 0.6 is 0 Å². The maximum atomic E-state index is 5.39. The van der Waals surface area contributed by atoms with Crippen LogP contribution in [0.3, 0.4) is 0 Å². The summed E-state index contributed by atoms with van der Waals surface area (Å²) in [6.07, 6.45) is 8.12. The van der Waals surface area contributed by atoms with Crippen molar-refractivity contribution in [2.45, 2.75) is 39.0 Å². The molecule has 0 rings (SSSR count). The molecule has 0 aromatic carbocycles. The molecule has 79 valence electrons. The van der Waals surface area contributed by atoms with E-state index in [0.717, 1.165) is 32.7 Å². The average molecular weight is 187 g/mol. The number of rotatable bonds is 10. The van der Waals surface area contributed by atoms with Crippen molar-refractivity contribution in [1.29, 1.82) is 0 Å². The Labute approximate surface area is 82.6 Å². The van der Waals surface area contributed by atoms with Crippen LogP contribution in [0, 0.1) is 6.42 Å². The predicted octanol–water partition coefficient (Wildman–Crippen LogP) is 2.82. The molecule has 0 fully saturated rings. The molecule has 0 aliphatic heterocycles. The second-order valence-corrected chi connectivity index (χ2v) is 3.21. The van der Waals surface area contributed by atoms with Crippen molar-refractivity contribution in [2.24, 2.45) is 0 Å². The van der Waals surface area contributed by atoms with Gasteiger partial charge < -0.3 is 9.47 Å². The van der Waals surface area contributed by atoms with E-state index >= 15 is 0 Å². The third-order valence-electron chi connectivity index (χ3n) is 1.88. The molecule has 2 nitrogen and oxygen atoms in total. The molecule has 0 aromatic rings. The van der Waals surface area contributed by atoms with Crippen molar-refractivity contribution < 1.29 is 9.47 Å². The zero-order valence-corrected chi connectivity index (χ0v) is 9.05. The summed E-state index contributed by atoms with van der Waals surface area (Å²) in [4.78, 5) is 0. The van der Waals surface area contributed by atoms with E-state index in [4.69, 9.17) is 9.47 Å². The van der Waals surface area contributed by atoms with E-state index in [-0.39, 0.29) is 0 Å². The highest BCUT2D eigenvalue weighted by atomic mass is 16.5. The first-order valence-corrected chi connectivity index (χ1v) is 5.30. The number of methoxy groups -OCH3 is 1. The molecule has 13 heavy (non-hydrogen) atoms. The molecule has 0 N–H and O–H groups in total. The summed E-state index contributed by atoms with van der Waals surface area (Å²) in [5.74, 6) is 0. The summed E-state index contributed by atoms with van der Waals surface area (Å²) in [6, 6.07) is 0. The number of unbranched alkanes of at least 4 members (excludes halogenated alkanes) is 4. The van der Waals surface area contributed by atoms with Gasteiger partial charge in [0.2, 0.25) is 0 Å². The van der Waals surface area contributed by atoms with E-state index in [1.807, 2.05) is 0 Å². The van der Waals surface area contributed by atoms with Gasteiger partial charge in [0.05, 0.1) is 0 Å². The minimum Gasteiger partial charge on any atom is -0.385 e. The fourth-order valence-corrected chi connectivity index (χ4v) is 1.03. The third kappa shape index (κ3) is 11.9. The molecular weight excluding hydrogens is 164 g/mol. The molecule has 0 aliphatic carbocycles. The van der Waals surface area contributed by atoms with E-state index < -0.39 is 0 Å². The molecule has 0 saturated heterocycles. The van der Waals surface area contributed by atoms with E-state index in [1.165, 1.54) is 19.3 Å². The minimum atomic E-state index is 0.812. The summed E-state index contributed by atoms with van der Waals surface area (Å²) >= 11 is 0. The largest absolute Gasteiger partial charge is 0.385 e. The van der Waals surface area contributed by atoms with Crippen molar-refractivity contribution >= 4 is 0 Å². The first kappa shape index (κ1) is 12.9. The highest BCUT2D eigenvalue weighted by Crippen LogP contribution is 1.99. The van der Waals surface area contributed by atoms with Gasteiger partial charge in [-0.15, -0.1) is 0 Å². The topological polar surface area (TPSA) is 18.5 Å². The lowest BCUT2D eigenvalue weighted by molar-refractivity contribution is 0.147. The maximum absolute atomic E-state index is 5.39. The van der Waals surface area contributed by atoms with Crippen molar-refractivity contribution in [1.82, 2.24) is 0 Å². The monoisotopic (exact) mass is 187 g/mol. The van der Waals surface area contributed by atoms with Gasteiger partial charge in [0.25, 0.3) is 0 Å². The molecule has 0 bridgehead atoms. The summed E-state index contributed by atoms with van der Waals surface area (Å²) in [6.45, 7) is 4.78. The average Bonchev–Trinajstić information content (AvgIpc) is 2.16. The molecule has 0 unspecified atom stereocenters. The molecule has 0 aliphatic rings. The lowest BCUT2D eigenvalue weighted by Gasteiger charge is -2.02. The van der Waals surface area contributed by atoms with E-state index in [9.17, 15) is 0 Å². The Kier molecular flexibility index (Phi) is 11.8. The molecule has 0 amide bonds. The van der Waals surface area contributed by atoms with Crippen LogP contribution in [0.5, 0.6) is 0 Å². The van der Waals surface area contributed by atoms with Gasteiger partial charge in [-0.3, -0.25) is 0 Å². The summed E-state index contributed by atoms with van der Waals surface area (Å²) < 4.78 is 10.4. The Morgan fingerprint density at radius 3 is 2.62 bits per heavy atom.